The van der Waals surface area contributed by atoms with Gasteiger partial charge in [-0.2, -0.15) is 0 Å². The van der Waals surface area contributed by atoms with Crippen LogP contribution in [0.4, 0.5) is 10.2 Å². The molecule has 17 heavy (non-hydrogen) atoms. The molecule has 0 fully saturated rings. The number of hydrogen-bond acceptors (Lipinski definition) is 4. The molecule has 0 aliphatic rings. The van der Waals surface area contributed by atoms with Gasteiger partial charge in [-0.05, 0) is 12.5 Å². The van der Waals surface area contributed by atoms with E-state index in [0.29, 0.717) is 13.0 Å². The van der Waals surface area contributed by atoms with Gasteiger partial charge in [0.25, 0.3) is 0 Å². The second kappa shape index (κ2) is 5.78. The molecule has 0 aliphatic heterocycles. The third-order valence-electron chi connectivity index (χ3n) is 1.98. The Morgan fingerprint density at radius 2 is 2.24 bits per heavy atom. The van der Waals surface area contributed by atoms with Crippen molar-refractivity contribution in [2.75, 3.05) is 11.9 Å². The number of carbonyl (C=O) groups is 2. The molecule has 1 amide bonds. The van der Waals surface area contributed by atoms with E-state index in [1.807, 2.05) is 0 Å². The maximum atomic E-state index is 12.8. The zero-order valence-corrected chi connectivity index (χ0v) is 8.94. The lowest BCUT2D eigenvalue weighted by molar-refractivity contribution is -0.118. The lowest BCUT2D eigenvalue weighted by Gasteiger charge is -2.07. The van der Waals surface area contributed by atoms with Crippen LogP contribution < -0.4 is 11.1 Å². The van der Waals surface area contributed by atoms with Crippen LogP contribution in [0.15, 0.2) is 12.3 Å². The van der Waals surface area contributed by atoms with Crippen LogP contribution in [0.25, 0.3) is 0 Å². The fraction of sp³-hybridized carbons (Fsp3) is 0.300. The van der Waals surface area contributed by atoms with E-state index < -0.39 is 17.7 Å². The number of rotatable bonds is 6. The quantitative estimate of drug-likeness (QED) is 0.632. The summed E-state index contributed by atoms with van der Waals surface area (Å²) in [6, 6.07) is 0.881. The highest BCUT2D eigenvalue weighted by molar-refractivity contribution is 5.93. The lowest BCUT2D eigenvalue weighted by atomic mass is 10.2. The lowest BCUT2D eigenvalue weighted by Crippen LogP contribution is -2.14. The molecule has 4 N–H and O–H groups in total. The Bertz CT molecular complexity index is 437. The van der Waals surface area contributed by atoms with E-state index in [-0.39, 0.29) is 17.8 Å². The molecule has 0 saturated heterocycles. The topological polar surface area (TPSA) is 105 Å². The first-order valence-electron chi connectivity index (χ1n) is 4.91. The molecule has 0 spiro atoms. The number of aromatic carboxylic acids is 1. The first-order chi connectivity index (χ1) is 8.00. The Labute approximate surface area is 96.6 Å². The van der Waals surface area contributed by atoms with Crippen LogP contribution in [-0.2, 0) is 4.79 Å². The molecular formula is C10H12FN3O3. The van der Waals surface area contributed by atoms with E-state index in [1.54, 1.807) is 0 Å². The van der Waals surface area contributed by atoms with Crippen LogP contribution in [0.2, 0.25) is 0 Å². The minimum absolute atomic E-state index is 0.0726. The van der Waals surface area contributed by atoms with Crippen LogP contribution in [0.1, 0.15) is 23.2 Å². The predicted octanol–water partition coefficient (Wildman–Crippen LogP) is 0.596. The van der Waals surface area contributed by atoms with Gasteiger partial charge >= 0.3 is 5.97 Å². The zero-order chi connectivity index (χ0) is 12.8. The standard InChI is InChI=1S/C10H12FN3O3/c11-6-4-7(10(16)17)9(14-5-6)13-3-1-2-8(12)15/h4-5H,1-3H2,(H2,12,15)(H,13,14)(H,16,17). The van der Waals surface area contributed by atoms with Gasteiger partial charge in [0.05, 0.1) is 6.20 Å². The number of pyridine rings is 1. The first kappa shape index (κ1) is 12.9. The third kappa shape index (κ3) is 4.06. The maximum Gasteiger partial charge on any atom is 0.339 e. The van der Waals surface area contributed by atoms with E-state index in [4.69, 9.17) is 10.8 Å². The van der Waals surface area contributed by atoms with Crippen molar-refractivity contribution in [2.24, 2.45) is 5.73 Å². The highest BCUT2D eigenvalue weighted by atomic mass is 19.1. The number of nitrogens with two attached hydrogens (primary N) is 1. The van der Waals surface area contributed by atoms with Crippen LogP contribution in [-0.4, -0.2) is 28.5 Å². The van der Waals surface area contributed by atoms with Crippen LogP contribution in [0.5, 0.6) is 0 Å². The smallest absolute Gasteiger partial charge is 0.339 e. The molecule has 0 bridgehead atoms. The fourth-order valence-corrected chi connectivity index (χ4v) is 1.21. The number of hydrogen-bond donors (Lipinski definition) is 3. The number of carboxylic acids is 1. The molecule has 0 aromatic carbocycles. The van der Waals surface area contributed by atoms with Crippen molar-refractivity contribution in [3.05, 3.63) is 23.6 Å². The molecule has 1 aromatic heterocycles. The average Bonchev–Trinajstić information content (AvgIpc) is 2.25. The molecule has 92 valence electrons. The second-order valence-corrected chi connectivity index (χ2v) is 3.35. The van der Waals surface area contributed by atoms with Crippen molar-refractivity contribution in [1.82, 2.24) is 4.98 Å². The Morgan fingerprint density at radius 3 is 2.82 bits per heavy atom. The summed E-state index contributed by atoms with van der Waals surface area (Å²) in [7, 11) is 0. The van der Waals surface area contributed by atoms with Gasteiger partial charge in [0.2, 0.25) is 5.91 Å². The van der Waals surface area contributed by atoms with Crippen molar-refractivity contribution in [1.29, 1.82) is 0 Å². The SMILES string of the molecule is NC(=O)CCCNc1ncc(F)cc1C(=O)O. The summed E-state index contributed by atoms with van der Waals surface area (Å²) in [4.78, 5) is 24.9. The number of nitrogens with zero attached hydrogens (tertiary/aromatic N) is 1. The Balaban J connectivity index is 2.64. The number of carbonyl (C=O) groups excluding carboxylic acids is 1. The molecule has 0 atom stereocenters. The first-order valence-corrected chi connectivity index (χ1v) is 4.91. The number of halogens is 1. The molecule has 1 heterocycles. The Kier molecular flexibility index (Phi) is 4.38. The molecular weight excluding hydrogens is 229 g/mol. The van der Waals surface area contributed by atoms with Gasteiger partial charge in [-0.3, -0.25) is 4.79 Å². The van der Waals surface area contributed by atoms with E-state index >= 15 is 0 Å². The van der Waals surface area contributed by atoms with Crippen LogP contribution in [0, 0.1) is 5.82 Å². The number of aromatic nitrogens is 1. The summed E-state index contributed by atoms with van der Waals surface area (Å²) in [5.74, 6) is -2.35. The largest absolute Gasteiger partial charge is 0.478 e. The van der Waals surface area contributed by atoms with Crippen molar-refractivity contribution in [2.45, 2.75) is 12.8 Å². The number of amides is 1. The fourth-order valence-electron chi connectivity index (χ4n) is 1.21. The molecule has 1 aromatic rings. The predicted molar refractivity (Wildman–Crippen MR) is 58.1 cm³/mol. The molecule has 0 radical (unpaired) electrons. The highest BCUT2D eigenvalue weighted by Crippen LogP contribution is 2.13. The van der Waals surface area contributed by atoms with E-state index in [9.17, 15) is 14.0 Å². The Morgan fingerprint density at radius 1 is 1.53 bits per heavy atom. The summed E-state index contributed by atoms with van der Waals surface area (Å²) in [6.45, 7) is 0.335. The number of anilines is 1. The number of nitrogens with one attached hydrogen (secondary N) is 1. The molecule has 0 saturated carbocycles. The van der Waals surface area contributed by atoms with E-state index in [0.717, 1.165) is 12.3 Å². The summed E-state index contributed by atoms with van der Waals surface area (Å²) in [5, 5.41) is 11.5. The zero-order valence-electron chi connectivity index (χ0n) is 8.94. The van der Waals surface area contributed by atoms with Crippen LogP contribution >= 0.6 is 0 Å². The van der Waals surface area contributed by atoms with Crippen molar-refractivity contribution in [3.8, 4) is 0 Å². The molecule has 0 unspecified atom stereocenters. The third-order valence-corrected chi connectivity index (χ3v) is 1.98. The van der Waals surface area contributed by atoms with Crippen molar-refractivity contribution < 1.29 is 19.1 Å². The average molecular weight is 241 g/mol. The van der Waals surface area contributed by atoms with Gasteiger partial charge in [-0.1, -0.05) is 0 Å². The van der Waals surface area contributed by atoms with Gasteiger partial charge in [-0.15, -0.1) is 0 Å². The Hall–Kier alpha value is -2.18. The highest BCUT2D eigenvalue weighted by Gasteiger charge is 2.12. The van der Waals surface area contributed by atoms with E-state index in [1.165, 1.54) is 0 Å². The normalized spacial score (nSPS) is 9.94. The molecule has 0 aliphatic carbocycles. The minimum atomic E-state index is -1.27. The summed E-state index contributed by atoms with van der Waals surface area (Å²) < 4.78 is 12.8. The number of carboxylic acid groups (broad SMARTS) is 1. The van der Waals surface area contributed by atoms with E-state index in [2.05, 4.69) is 10.3 Å². The van der Waals surface area contributed by atoms with Crippen LogP contribution in [0.3, 0.4) is 0 Å². The molecule has 7 heteroatoms. The van der Waals surface area contributed by atoms with Gasteiger partial charge in [0.1, 0.15) is 17.2 Å². The van der Waals surface area contributed by atoms with Gasteiger partial charge < -0.3 is 16.2 Å². The summed E-state index contributed by atoms with van der Waals surface area (Å²) in [6.07, 6.45) is 1.56. The van der Waals surface area contributed by atoms with Gasteiger partial charge in [0, 0.05) is 13.0 Å². The van der Waals surface area contributed by atoms with Crippen molar-refractivity contribution >= 4 is 17.7 Å². The minimum Gasteiger partial charge on any atom is -0.478 e. The van der Waals surface area contributed by atoms with Crippen molar-refractivity contribution in [3.63, 3.8) is 0 Å². The summed E-state index contributed by atoms with van der Waals surface area (Å²) >= 11 is 0. The maximum absolute atomic E-state index is 12.8. The monoisotopic (exact) mass is 241 g/mol. The summed E-state index contributed by atoms with van der Waals surface area (Å²) in [5.41, 5.74) is 4.70. The number of primary amides is 1. The van der Waals surface area contributed by atoms with Gasteiger partial charge in [-0.25, -0.2) is 14.2 Å². The second-order valence-electron chi connectivity index (χ2n) is 3.35. The van der Waals surface area contributed by atoms with Gasteiger partial charge in [0.15, 0.2) is 0 Å². The molecule has 1 rings (SSSR count). The molecule has 6 nitrogen and oxygen atoms in total.